The molecule has 1 atom stereocenters. The number of benzene rings is 1. The predicted molar refractivity (Wildman–Crippen MR) is 70.5 cm³/mol. The van der Waals surface area contributed by atoms with E-state index < -0.39 is 0 Å². The van der Waals surface area contributed by atoms with E-state index in [0.717, 1.165) is 30.0 Å². The molecular weight excluding hydrogens is 258 g/mol. The Morgan fingerprint density at radius 1 is 1.25 bits per heavy atom. The number of fused-ring (bicyclic) bond motifs is 1. The summed E-state index contributed by atoms with van der Waals surface area (Å²) < 4.78 is 16.1. The van der Waals surface area contributed by atoms with Crippen LogP contribution < -0.4 is 9.47 Å². The summed E-state index contributed by atoms with van der Waals surface area (Å²) in [5, 5.41) is 4.08. The van der Waals surface area contributed by atoms with Gasteiger partial charge in [0, 0.05) is 5.56 Å². The molecule has 0 spiro atoms. The molecule has 0 N–H and O–H groups in total. The van der Waals surface area contributed by atoms with Crippen LogP contribution in [0.15, 0.2) is 22.7 Å². The quantitative estimate of drug-likeness (QED) is 0.836. The Morgan fingerprint density at radius 2 is 2.15 bits per heavy atom. The number of hydrogen-bond donors (Lipinski definition) is 0. The number of likely N-dealkylation sites (tertiary alicyclic amines) is 1. The molecule has 1 fully saturated rings. The fourth-order valence-corrected chi connectivity index (χ4v) is 2.75. The first-order valence-corrected chi connectivity index (χ1v) is 6.75. The molecule has 6 heteroatoms. The first-order valence-electron chi connectivity index (χ1n) is 6.75. The van der Waals surface area contributed by atoms with Gasteiger partial charge in [-0.05, 0) is 44.6 Å². The first kappa shape index (κ1) is 11.7. The Labute approximate surface area is 116 Å². The van der Waals surface area contributed by atoms with Crippen molar-refractivity contribution in [1.29, 1.82) is 0 Å². The Morgan fingerprint density at radius 3 is 3.00 bits per heavy atom. The summed E-state index contributed by atoms with van der Waals surface area (Å²) in [5.41, 5.74) is 0.880. The minimum absolute atomic E-state index is 0.241. The Balaban J connectivity index is 1.64. The lowest BCUT2D eigenvalue weighted by atomic mass is 10.2. The van der Waals surface area contributed by atoms with Crippen molar-refractivity contribution in [2.75, 3.05) is 20.4 Å². The zero-order chi connectivity index (χ0) is 13.5. The second-order valence-corrected chi connectivity index (χ2v) is 5.16. The second kappa shape index (κ2) is 4.49. The van der Waals surface area contributed by atoms with Gasteiger partial charge in [0.2, 0.25) is 18.5 Å². The third-order valence-corrected chi connectivity index (χ3v) is 3.88. The molecule has 1 aromatic carbocycles. The molecule has 2 aliphatic heterocycles. The van der Waals surface area contributed by atoms with Gasteiger partial charge in [-0.1, -0.05) is 5.16 Å². The Kier molecular flexibility index (Phi) is 2.63. The van der Waals surface area contributed by atoms with E-state index in [4.69, 9.17) is 14.0 Å². The second-order valence-electron chi connectivity index (χ2n) is 5.16. The predicted octanol–water partition coefficient (Wildman–Crippen LogP) is 2.23. The summed E-state index contributed by atoms with van der Waals surface area (Å²) in [6, 6.07) is 5.91. The highest BCUT2D eigenvalue weighted by molar-refractivity contribution is 5.61. The van der Waals surface area contributed by atoms with Crippen LogP contribution in [0, 0.1) is 0 Å². The molecule has 20 heavy (non-hydrogen) atoms. The van der Waals surface area contributed by atoms with E-state index in [0.29, 0.717) is 11.7 Å². The highest BCUT2D eigenvalue weighted by atomic mass is 16.7. The van der Waals surface area contributed by atoms with Gasteiger partial charge in [0.25, 0.3) is 0 Å². The monoisotopic (exact) mass is 273 g/mol. The van der Waals surface area contributed by atoms with Crippen molar-refractivity contribution in [3.63, 3.8) is 0 Å². The van der Waals surface area contributed by atoms with Gasteiger partial charge in [0.05, 0.1) is 6.04 Å². The van der Waals surface area contributed by atoms with Gasteiger partial charge in [0.1, 0.15) is 0 Å². The molecule has 0 bridgehead atoms. The summed E-state index contributed by atoms with van der Waals surface area (Å²) in [7, 11) is 2.09. The number of ether oxygens (including phenoxy) is 2. The molecule has 2 aromatic rings. The minimum Gasteiger partial charge on any atom is -0.454 e. The molecule has 6 nitrogen and oxygen atoms in total. The molecule has 0 amide bonds. The van der Waals surface area contributed by atoms with Gasteiger partial charge in [-0.15, -0.1) is 0 Å². The zero-order valence-electron chi connectivity index (χ0n) is 11.2. The van der Waals surface area contributed by atoms with Crippen LogP contribution in [0.4, 0.5) is 0 Å². The molecule has 1 aromatic heterocycles. The maximum atomic E-state index is 5.42. The van der Waals surface area contributed by atoms with Crippen molar-refractivity contribution in [2.24, 2.45) is 0 Å². The van der Waals surface area contributed by atoms with Crippen LogP contribution in [0.5, 0.6) is 11.5 Å². The topological polar surface area (TPSA) is 60.6 Å². The number of nitrogens with zero attached hydrogens (tertiary/aromatic N) is 3. The normalized spacial score (nSPS) is 21.6. The molecule has 2 aliphatic rings. The average molecular weight is 273 g/mol. The third kappa shape index (κ3) is 1.84. The van der Waals surface area contributed by atoms with E-state index in [1.54, 1.807) is 0 Å². The molecular formula is C14H15N3O3. The largest absolute Gasteiger partial charge is 0.454 e. The fourth-order valence-electron chi connectivity index (χ4n) is 2.75. The van der Waals surface area contributed by atoms with Crippen LogP contribution >= 0.6 is 0 Å². The van der Waals surface area contributed by atoms with Gasteiger partial charge in [-0.3, -0.25) is 4.90 Å². The van der Waals surface area contributed by atoms with Crippen LogP contribution in [-0.4, -0.2) is 35.4 Å². The van der Waals surface area contributed by atoms with Crippen molar-refractivity contribution >= 4 is 0 Å². The third-order valence-electron chi connectivity index (χ3n) is 3.88. The minimum atomic E-state index is 0.241. The van der Waals surface area contributed by atoms with Gasteiger partial charge in [-0.2, -0.15) is 4.98 Å². The maximum absolute atomic E-state index is 5.42. The van der Waals surface area contributed by atoms with E-state index in [9.17, 15) is 0 Å². The molecule has 4 rings (SSSR count). The average Bonchev–Trinajstić information content (AvgIpc) is 3.17. The molecule has 0 saturated carbocycles. The SMILES string of the molecule is CN1CCC[C@H]1c1nc(-c2ccc3c(c2)OCO3)no1. The van der Waals surface area contributed by atoms with Crippen LogP contribution in [0.25, 0.3) is 11.4 Å². The summed E-state index contributed by atoms with van der Waals surface area (Å²) in [6.07, 6.45) is 2.24. The molecule has 0 aliphatic carbocycles. The van der Waals surface area contributed by atoms with Crippen molar-refractivity contribution in [3.05, 3.63) is 24.1 Å². The van der Waals surface area contributed by atoms with E-state index in [1.165, 1.54) is 6.42 Å². The summed E-state index contributed by atoms with van der Waals surface area (Å²) >= 11 is 0. The molecule has 104 valence electrons. The number of aromatic nitrogens is 2. The smallest absolute Gasteiger partial charge is 0.244 e. The number of hydrogen-bond acceptors (Lipinski definition) is 6. The lowest BCUT2D eigenvalue weighted by molar-refractivity contribution is 0.174. The molecule has 0 radical (unpaired) electrons. The standard InChI is InChI=1S/C14H15N3O3/c1-17-6-2-3-10(17)14-15-13(16-20-14)9-4-5-11-12(7-9)19-8-18-11/h4-5,7,10H,2-3,6,8H2,1H3/t10-/m0/s1. The van der Waals surface area contributed by atoms with Crippen LogP contribution in [-0.2, 0) is 0 Å². The van der Waals surface area contributed by atoms with E-state index >= 15 is 0 Å². The summed E-state index contributed by atoms with van der Waals surface area (Å²) in [5.74, 6) is 2.77. The van der Waals surface area contributed by atoms with Gasteiger partial charge in [0.15, 0.2) is 11.5 Å². The van der Waals surface area contributed by atoms with Crippen LogP contribution in [0.1, 0.15) is 24.8 Å². The van der Waals surface area contributed by atoms with E-state index in [-0.39, 0.29) is 12.8 Å². The summed E-state index contributed by atoms with van der Waals surface area (Å²) in [4.78, 5) is 6.77. The molecule has 3 heterocycles. The van der Waals surface area contributed by atoms with Gasteiger partial charge < -0.3 is 14.0 Å². The highest BCUT2D eigenvalue weighted by Gasteiger charge is 2.28. The fraction of sp³-hybridized carbons (Fsp3) is 0.429. The Hall–Kier alpha value is -2.08. The lowest BCUT2D eigenvalue weighted by Gasteiger charge is -2.14. The summed E-state index contributed by atoms with van der Waals surface area (Å²) in [6.45, 7) is 1.34. The van der Waals surface area contributed by atoms with Crippen molar-refractivity contribution in [2.45, 2.75) is 18.9 Å². The molecule has 0 unspecified atom stereocenters. The maximum Gasteiger partial charge on any atom is 0.244 e. The van der Waals surface area contributed by atoms with Crippen molar-refractivity contribution in [3.8, 4) is 22.9 Å². The van der Waals surface area contributed by atoms with Gasteiger partial charge in [-0.25, -0.2) is 0 Å². The van der Waals surface area contributed by atoms with Crippen molar-refractivity contribution in [1.82, 2.24) is 15.0 Å². The molecule has 1 saturated heterocycles. The van der Waals surface area contributed by atoms with Crippen molar-refractivity contribution < 1.29 is 14.0 Å². The van der Waals surface area contributed by atoms with Crippen LogP contribution in [0.2, 0.25) is 0 Å². The Bertz CT molecular complexity index is 640. The highest BCUT2D eigenvalue weighted by Crippen LogP contribution is 2.36. The van der Waals surface area contributed by atoms with Crippen LogP contribution in [0.3, 0.4) is 0 Å². The van der Waals surface area contributed by atoms with E-state index in [1.807, 2.05) is 18.2 Å². The lowest BCUT2D eigenvalue weighted by Crippen LogP contribution is -2.17. The number of rotatable bonds is 2. The van der Waals surface area contributed by atoms with E-state index in [2.05, 4.69) is 22.1 Å². The van der Waals surface area contributed by atoms with Gasteiger partial charge >= 0.3 is 0 Å². The zero-order valence-corrected chi connectivity index (χ0v) is 11.2. The first-order chi connectivity index (χ1) is 9.81.